The molecule has 1 rings (SSSR count). The summed E-state index contributed by atoms with van der Waals surface area (Å²) in [6.07, 6.45) is 1.77. The Balaban J connectivity index is 2.35. The molecular weight excluding hydrogens is 133 g/mol. The topological polar surface area (TPSA) is 23.5 Å². The van der Waals surface area contributed by atoms with Crippen LogP contribution >= 0.6 is 9.24 Å². The van der Waals surface area contributed by atoms with Crippen molar-refractivity contribution >= 4 is 9.24 Å². The Bertz CT molecular complexity index is 95.2. The molecule has 1 aliphatic rings. The third-order valence-electron chi connectivity index (χ3n) is 1.85. The van der Waals surface area contributed by atoms with Crippen molar-refractivity contribution in [2.75, 3.05) is 20.1 Å². The lowest BCUT2D eigenvalue weighted by Crippen LogP contribution is -2.38. The predicted octanol–water partition coefficient (Wildman–Crippen LogP) is 0.276. The van der Waals surface area contributed by atoms with Crippen molar-refractivity contribution in [3.05, 3.63) is 0 Å². The van der Waals surface area contributed by atoms with E-state index in [2.05, 4.69) is 21.2 Å². The molecular formula is C6H14NOP. The zero-order valence-corrected chi connectivity index (χ0v) is 6.95. The van der Waals surface area contributed by atoms with Gasteiger partial charge in [0.05, 0.1) is 5.34 Å². The number of hydrogen-bond acceptors (Lipinski definition) is 2. The summed E-state index contributed by atoms with van der Waals surface area (Å²) in [5.74, 6) is 0. The van der Waals surface area contributed by atoms with Crippen LogP contribution < -0.4 is 0 Å². The molecule has 54 valence electrons. The molecule has 2 nitrogen and oxygen atoms in total. The van der Waals surface area contributed by atoms with Crippen LogP contribution in [0.25, 0.3) is 0 Å². The van der Waals surface area contributed by atoms with Gasteiger partial charge in [0.2, 0.25) is 0 Å². The molecule has 0 spiro atoms. The molecule has 0 aromatic rings. The number of nitrogens with zero attached hydrogens (tertiary/aromatic N) is 1. The highest BCUT2D eigenvalue weighted by atomic mass is 31.0. The molecule has 3 heteroatoms. The van der Waals surface area contributed by atoms with E-state index >= 15 is 0 Å². The lowest BCUT2D eigenvalue weighted by atomic mass is 10.1. The first-order valence-corrected chi connectivity index (χ1v) is 3.88. The van der Waals surface area contributed by atoms with Crippen LogP contribution in [0.15, 0.2) is 0 Å². The fourth-order valence-corrected chi connectivity index (χ4v) is 1.26. The van der Waals surface area contributed by atoms with Crippen LogP contribution in [0.2, 0.25) is 0 Å². The standard InChI is InChI=1S/C6H14NOP/c1-7-4-2-6(8,9)3-5-7/h8H,2-5,9H2,1H3. The Kier molecular flexibility index (Phi) is 2.10. The molecule has 0 aromatic carbocycles. The largest absolute Gasteiger partial charge is 0.386 e. The fourth-order valence-electron chi connectivity index (χ4n) is 1.01. The van der Waals surface area contributed by atoms with Gasteiger partial charge in [-0.3, -0.25) is 0 Å². The van der Waals surface area contributed by atoms with Gasteiger partial charge in [-0.2, -0.15) is 0 Å². The van der Waals surface area contributed by atoms with Crippen LogP contribution in [0.1, 0.15) is 12.8 Å². The quantitative estimate of drug-likeness (QED) is 0.497. The summed E-state index contributed by atoms with van der Waals surface area (Å²) < 4.78 is 0. The Hall–Kier alpha value is 0.350. The van der Waals surface area contributed by atoms with Gasteiger partial charge in [0.25, 0.3) is 0 Å². The Morgan fingerprint density at radius 3 is 2.22 bits per heavy atom. The minimum atomic E-state index is -0.466. The van der Waals surface area contributed by atoms with E-state index in [-0.39, 0.29) is 0 Å². The van der Waals surface area contributed by atoms with E-state index in [1.807, 2.05) is 0 Å². The van der Waals surface area contributed by atoms with Gasteiger partial charge >= 0.3 is 0 Å². The third kappa shape index (κ3) is 2.21. The highest BCUT2D eigenvalue weighted by Gasteiger charge is 2.25. The van der Waals surface area contributed by atoms with Crippen LogP contribution in [0.4, 0.5) is 0 Å². The predicted molar refractivity (Wildman–Crippen MR) is 41.4 cm³/mol. The summed E-state index contributed by atoms with van der Waals surface area (Å²) in [5, 5.41) is 8.96. The van der Waals surface area contributed by atoms with E-state index in [1.165, 1.54) is 0 Å². The molecule has 0 aromatic heterocycles. The molecule has 1 N–H and O–H groups in total. The smallest absolute Gasteiger partial charge is 0.0802 e. The van der Waals surface area contributed by atoms with E-state index < -0.39 is 5.34 Å². The number of aliphatic hydroxyl groups is 1. The molecule has 1 aliphatic heterocycles. The fraction of sp³-hybridized carbons (Fsp3) is 1.00. The number of likely N-dealkylation sites (tertiary alicyclic amines) is 1. The lowest BCUT2D eigenvalue weighted by Gasteiger charge is -2.33. The van der Waals surface area contributed by atoms with E-state index in [1.54, 1.807) is 0 Å². The molecule has 0 aliphatic carbocycles. The van der Waals surface area contributed by atoms with Gasteiger partial charge in [-0.1, -0.05) is 0 Å². The molecule has 1 fully saturated rings. The van der Waals surface area contributed by atoms with Crippen LogP contribution in [0.3, 0.4) is 0 Å². The van der Waals surface area contributed by atoms with Crippen molar-refractivity contribution < 1.29 is 5.11 Å². The van der Waals surface area contributed by atoms with Crippen LogP contribution in [0, 0.1) is 0 Å². The first-order chi connectivity index (χ1) is 4.10. The second-order valence-electron chi connectivity index (χ2n) is 2.91. The van der Waals surface area contributed by atoms with Crippen LogP contribution in [-0.4, -0.2) is 35.5 Å². The molecule has 0 saturated carbocycles. The summed E-state index contributed by atoms with van der Waals surface area (Å²) in [5.41, 5.74) is 0. The molecule has 1 heterocycles. The summed E-state index contributed by atoms with van der Waals surface area (Å²) in [7, 11) is 4.59. The highest BCUT2D eigenvalue weighted by molar-refractivity contribution is 7.18. The zero-order chi connectivity index (χ0) is 6.91. The van der Waals surface area contributed by atoms with E-state index in [0.717, 1.165) is 25.9 Å². The summed E-state index contributed by atoms with van der Waals surface area (Å²) in [4.78, 5) is 2.23. The molecule has 0 amide bonds. The van der Waals surface area contributed by atoms with E-state index in [0.29, 0.717) is 0 Å². The molecule has 9 heavy (non-hydrogen) atoms. The van der Waals surface area contributed by atoms with Crippen molar-refractivity contribution in [1.29, 1.82) is 0 Å². The van der Waals surface area contributed by atoms with Crippen molar-refractivity contribution in [2.24, 2.45) is 0 Å². The maximum atomic E-state index is 9.43. The summed E-state index contributed by atoms with van der Waals surface area (Å²) in [6.45, 7) is 2.03. The minimum absolute atomic E-state index is 0.466. The monoisotopic (exact) mass is 147 g/mol. The minimum Gasteiger partial charge on any atom is -0.386 e. The highest BCUT2D eigenvalue weighted by Crippen LogP contribution is 2.27. The average molecular weight is 147 g/mol. The van der Waals surface area contributed by atoms with Gasteiger partial charge in [0, 0.05) is 13.1 Å². The van der Waals surface area contributed by atoms with Gasteiger partial charge < -0.3 is 10.0 Å². The second kappa shape index (κ2) is 2.53. The molecule has 1 atom stereocenters. The lowest BCUT2D eigenvalue weighted by molar-refractivity contribution is 0.0631. The average Bonchev–Trinajstić information content (AvgIpc) is 1.78. The SMILES string of the molecule is CN1CCC(O)(P)CC1. The second-order valence-corrected chi connectivity index (χ2v) is 3.98. The maximum Gasteiger partial charge on any atom is 0.0802 e. The van der Waals surface area contributed by atoms with Crippen molar-refractivity contribution in [3.8, 4) is 0 Å². The maximum absolute atomic E-state index is 9.43. The Morgan fingerprint density at radius 2 is 1.89 bits per heavy atom. The van der Waals surface area contributed by atoms with Gasteiger partial charge in [-0.25, -0.2) is 0 Å². The molecule has 1 saturated heterocycles. The molecule has 0 radical (unpaired) electrons. The zero-order valence-electron chi connectivity index (χ0n) is 5.80. The molecule has 1 unspecified atom stereocenters. The Morgan fingerprint density at radius 1 is 1.44 bits per heavy atom. The first-order valence-electron chi connectivity index (χ1n) is 3.30. The van der Waals surface area contributed by atoms with Gasteiger partial charge in [-0.05, 0) is 19.9 Å². The van der Waals surface area contributed by atoms with Crippen molar-refractivity contribution in [1.82, 2.24) is 4.90 Å². The number of rotatable bonds is 0. The van der Waals surface area contributed by atoms with Gasteiger partial charge in [0.1, 0.15) is 0 Å². The number of piperidine rings is 1. The van der Waals surface area contributed by atoms with Gasteiger partial charge in [0.15, 0.2) is 0 Å². The number of hydrogen-bond donors (Lipinski definition) is 1. The normalized spacial score (nSPS) is 28.3. The first kappa shape index (κ1) is 7.46. The molecule has 0 bridgehead atoms. The van der Waals surface area contributed by atoms with Crippen LogP contribution in [-0.2, 0) is 0 Å². The summed E-state index contributed by atoms with van der Waals surface area (Å²) in [6, 6.07) is 0. The van der Waals surface area contributed by atoms with E-state index in [9.17, 15) is 5.11 Å². The third-order valence-corrected chi connectivity index (χ3v) is 2.43. The van der Waals surface area contributed by atoms with E-state index in [4.69, 9.17) is 0 Å². The Labute approximate surface area is 58.4 Å². The van der Waals surface area contributed by atoms with Crippen molar-refractivity contribution in [2.45, 2.75) is 18.2 Å². The van der Waals surface area contributed by atoms with Gasteiger partial charge in [-0.15, -0.1) is 9.24 Å². The summed E-state index contributed by atoms with van der Waals surface area (Å²) >= 11 is 0. The van der Waals surface area contributed by atoms with Crippen LogP contribution in [0.5, 0.6) is 0 Å². The van der Waals surface area contributed by atoms with Crippen molar-refractivity contribution in [3.63, 3.8) is 0 Å².